The summed E-state index contributed by atoms with van der Waals surface area (Å²) in [6.07, 6.45) is 30.6. The summed E-state index contributed by atoms with van der Waals surface area (Å²) in [7, 11) is 0. The Kier molecular flexibility index (Phi) is 28.7. The Morgan fingerprint density at radius 1 is 0.706 bits per heavy atom. The van der Waals surface area contributed by atoms with E-state index in [4.69, 9.17) is 9.47 Å². The Hall–Kier alpha value is -2.93. The van der Waals surface area contributed by atoms with E-state index in [-0.39, 0.29) is 0 Å². The van der Waals surface area contributed by atoms with Crippen molar-refractivity contribution in [3.8, 4) is 0 Å². The summed E-state index contributed by atoms with van der Waals surface area (Å²) in [6.45, 7) is 7.51. The second kappa shape index (κ2) is 31.8. The summed E-state index contributed by atoms with van der Waals surface area (Å²) in [5.74, 6) is -1.57. The predicted molar refractivity (Wildman–Crippen MR) is 211 cm³/mol. The van der Waals surface area contributed by atoms with E-state index in [1.165, 1.54) is 115 Å². The number of allylic oxidation sites excluding steroid dienone is 3. The molecule has 2 N–H and O–H groups in total. The molecule has 0 aliphatic rings. The Labute approximate surface area is 311 Å². The van der Waals surface area contributed by atoms with Crippen molar-refractivity contribution >= 4 is 17.8 Å². The van der Waals surface area contributed by atoms with Crippen LogP contribution >= 0.6 is 0 Å². The number of rotatable bonds is 32. The first-order chi connectivity index (χ1) is 24.8. The van der Waals surface area contributed by atoms with Crippen molar-refractivity contribution in [2.75, 3.05) is 6.61 Å². The molecule has 0 aromatic heterocycles. The minimum atomic E-state index is -0.974. The topological polar surface area (TPSA) is 102 Å². The molecule has 7 heteroatoms. The van der Waals surface area contributed by atoms with Gasteiger partial charge in [0.2, 0.25) is 0 Å². The molecule has 290 valence electrons. The zero-order valence-corrected chi connectivity index (χ0v) is 32.8. The Balaban J connectivity index is 2.71. The molecule has 3 atom stereocenters. The zero-order chi connectivity index (χ0) is 37.4. The van der Waals surface area contributed by atoms with Crippen LogP contribution in [0.2, 0.25) is 0 Å². The van der Waals surface area contributed by atoms with E-state index in [1.54, 1.807) is 30.3 Å². The Morgan fingerprint density at radius 3 is 1.76 bits per heavy atom. The van der Waals surface area contributed by atoms with Crippen LogP contribution in [0.5, 0.6) is 0 Å². The second-order valence-electron chi connectivity index (χ2n) is 14.2. The number of carbonyl (C=O) groups excluding carboxylic acids is 3. The molecule has 7 nitrogen and oxygen atoms in total. The van der Waals surface area contributed by atoms with Gasteiger partial charge in [-0.3, -0.25) is 9.59 Å². The van der Waals surface area contributed by atoms with Gasteiger partial charge in [0.15, 0.2) is 6.10 Å². The molecule has 51 heavy (non-hydrogen) atoms. The van der Waals surface area contributed by atoms with Crippen molar-refractivity contribution in [2.45, 2.75) is 194 Å². The third-order valence-electron chi connectivity index (χ3n) is 9.42. The Bertz CT molecular complexity index is 1080. The number of hydrogen-bond acceptors (Lipinski definition) is 6. The fraction of sp³-hybridized carbons (Fsp3) is 0.705. The fourth-order valence-corrected chi connectivity index (χ4v) is 6.26. The molecule has 0 radical (unpaired) electrons. The normalized spacial score (nSPS) is 13.5. The number of aliphatic hydroxyl groups excluding tert-OH is 1. The van der Waals surface area contributed by atoms with Gasteiger partial charge >= 0.3 is 11.9 Å². The Morgan fingerprint density at radius 2 is 1.24 bits per heavy atom. The first kappa shape index (κ1) is 46.1. The lowest BCUT2D eigenvalue weighted by Gasteiger charge is -2.26. The average Bonchev–Trinajstić information content (AvgIpc) is 3.12. The van der Waals surface area contributed by atoms with Crippen molar-refractivity contribution in [2.24, 2.45) is 0 Å². The van der Waals surface area contributed by atoms with E-state index in [0.29, 0.717) is 12.0 Å². The number of hydrogen-bond donors (Lipinski definition) is 2. The first-order valence-electron chi connectivity index (χ1n) is 20.5. The molecule has 0 aliphatic heterocycles. The third kappa shape index (κ3) is 24.8. The molecular formula is C44H73NO6. The summed E-state index contributed by atoms with van der Waals surface area (Å²) >= 11 is 0. The van der Waals surface area contributed by atoms with Crippen molar-refractivity contribution in [1.82, 2.24) is 5.32 Å². The van der Waals surface area contributed by atoms with Gasteiger partial charge in [-0.15, -0.1) is 0 Å². The lowest BCUT2D eigenvalue weighted by atomic mass is 10.0. The van der Waals surface area contributed by atoms with Gasteiger partial charge in [-0.2, -0.15) is 0 Å². The van der Waals surface area contributed by atoms with Gasteiger partial charge in [-0.1, -0.05) is 159 Å². The van der Waals surface area contributed by atoms with Gasteiger partial charge in [0.05, 0.1) is 18.2 Å². The van der Waals surface area contributed by atoms with Crippen LogP contribution in [0.4, 0.5) is 0 Å². The van der Waals surface area contributed by atoms with E-state index in [0.717, 1.165) is 38.5 Å². The van der Waals surface area contributed by atoms with Crippen LogP contribution in [0.1, 0.15) is 186 Å². The summed E-state index contributed by atoms with van der Waals surface area (Å²) in [4.78, 5) is 38.3. The standard InChI is InChI=1S/C44H73NO6/c1-5-7-9-11-13-14-15-16-17-19-21-28-35-42(50-38(4)47)43(48)45-40(36-46)41(51-44(49)39-32-26-23-27-33-39)34-29-22-25-31-37(3)30-24-20-18-12-10-8-6-2/h23,26-27,29,31-34,40-42,46H,5-22,24-25,28,30,35-36H2,1-4H3,(H,45,48)/b34-29+,37-31+/t40-,41+,42+/m0/s1. The highest BCUT2D eigenvalue weighted by atomic mass is 16.6. The number of amides is 1. The van der Waals surface area contributed by atoms with Crippen LogP contribution < -0.4 is 5.32 Å². The SMILES string of the molecule is CCCCCCCCCCCCCC[C@@H](OC(C)=O)C(=O)N[C@@H](CO)[C@@H](/C=C/CC/C=C(\C)CCCCCCCCC)OC(=O)c1ccccc1. The van der Waals surface area contributed by atoms with Gasteiger partial charge in [0.1, 0.15) is 6.10 Å². The lowest BCUT2D eigenvalue weighted by molar-refractivity contribution is -0.155. The van der Waals surface area contributed by atoms with Gasteiger partial charge < -0.3 is 19.9 Å². The van der Waals surface area contributed by atoms with Crippen LogP contribution in [0.25, 0.3) is 0 Å². The number of esters is 2. The maximum Gasteiger partial charge on any atom is 0.338 e. The van der Waals surface area contributed by atoms with E-state index in [2.05, 4.69) is 32.2 Å². The number of carbonyl (C=O) groups is 3. The summed E-state index contributed by atoms with van der Waals surface area (Å²) in [5.41, 5.74) is 1.77. The maximum absolute atomic E-state index is 13.4. The van der Waals surface area contributed by atoms with E-state index < -0.39 is 42.7 Å². The van der Waals surface area contributed by atoms with Gasteiger partial charge in [0.25, 0.3) is 5.91 Å². The molecule has 0 bridgehead atoms. The van der Waals surface area contributed by atoms with Gasteiger partial charge in [0, 0.05) is 6.92 Å². The third-order valence-corrected chi connectivity index (χ3v) is 9.42. The van der Waals surface area contributed by atoms with Crippen LogP contribution in [0.15, 0.2) is 54.1 Å². The molecule has 1 amide bonds. The van der Waals surface area contributed by atoms with Gasteiger partial charge in [-0.25, -0.2) is 4.79 Å². The predicted octanol–water partition coefficient (Wildman–Crippen LogP) is 11.1. The summed E-state index contributed by atoms with van der Waals surface area (Å²) in [6, 6.07) is 7.76. The quantitative estimate of drug-likeness (QED) is 0.0438. The first-order valence-corrected chi connectivity index (χ1v) is 20.5. The molecule has 0 aliphatic carbocycles. The molecule has 0 saturated carbocycles. The van der Waals surface area contributed by atoms with E-state index in [1.807, 2.05) is 12.1 Å². The molecule has 0 spiro atoms. The summed E-state index contributed by atoms with van der Waals surface area (Å²) < 4.78 is 11.2. The smallest absolute Gasteiger partial charge is 0.338 e. The summed E-state index contributed by atoms with van der Waals surface area (Å²) in [5, 5.41) is 13.2. The number of unbranched alkanes of at least 4 members (excludes halogenated alkanes) is 18. The maximum atomic E-state index is 13.4. The molecule has 1 aromatic carbocycles. The average molecular weight is 712 g/mol. The van der Waals surface area contributed by atoms with Crippen molar-refractivity contribution in [3.05, 3.63) is 59.7 Å². The van der Waals surface area contributed by atoms with Crippen LogP contribution in [-0.2, 0) is 19.1 Å². The zero-order valence-electron chi connectivity index (χ0n) is 32.8. The molecule has 0 unspecified atom stereocenters. The number of nitrogens with one attached hydrogen (secondary N) is 1. The molecule has 0 heterocycles. The largest absolute Gasteiger partial charge is 0.452 e. The fourth-order valence-electron chi connectivity index (χ4n) is 6.26. The monoisotopic (exact) mass is 712 g/mol. The lowest BCUT2D eigenvalue weighted by Crippen LogP contribution is -2.50. The highest BCUT2D eigenvalue weighted by Crippen LogP contribution is 2.17. The minimum Gasteiger partial charge on any atom is -0.452 e. The van der Waals surface area contributed by atoms with Crippen LogP contribution in [-0.4, -0.2) is 47.8 Å². The van der Waals surface area contributed by atoms with Crippen LogP contribution in [0.3, 0.4) is 0 Å². The highest BCUT2D eigenvalue weighted by molar-refractivity contribution is 5.89. The van der Waals surface area contributed by atoms with Crippen molar-refractivity contribution in [3.63, 3.8) is 0 Å². The molecule has 1 rings (SSSR count). The molecule has 0 saturated heterocycles. The molecular weight excluding hydrogens is 638 g/mol. The minimum absolute atomic E-state index is 0.382. The van der Waals surface area contributed by atoms with Crippen molar-refractivity contribution < 1.29 is 29.0 Å². The van der Waals surface area contributed by atoms with Gasteiger partial charge in [-0.05, 0) is 63.7 Å². The molecule has 1 aromatic rings. The number of aliphatic hydroxyl groups is 1. The second-order valence-corrected chi connectivity index (χ2v) is 14.2. The molecule has 0 fully saturated rings. The highest BCUT2D eigenvalue weighted by Gasteiger charge is 2.29. The number of ether oxygens (including phenoxy) is 2. The van der Waals surface area contributed by atoms with E-state index >= 15 is 0 Å². The van der Waals surface area contributed by atoms with Crippen molar-refractivity contribution in [1.29, 1.82) is 0 Å². The van der Waals surface area contributed by atoms with Crippen LogP contribution in [0, 0.1) is 0 Å². The van der Waals surface area contributed by atoms with E-state index in [9.17, 15) is 19.5 Å². The number of benzene rings is 1.